The Kier molecular flexibility index (Phi) is 5.64. The third-order valence-corrected chi connectivity index (χ3v) is 4.90. The Balaban J connectivity index is 1.88. The second kappa shape index (κ2) is 7.93. The molecule has 26 heavy (non-hydrogen) atoms. The summed E-state index contributed by atoms with van der Waals surface area (Å²) in [4.78, 5) is 21.3. The van der Waals surface area contributed by atoms with E-state index in [0.29, 0.717) is 5.95 Å². The molecule has 9 heteroatoms. The van der Waals surface area contributed by atoms with Crippen LogP contribution in [0, 0.1) is 5.82 Å². The summed E-state index contributed by atoms with van der Waals surface area (Å²) in [6.07, 6.45) is 3.28. The van der Waals surface area contributed by atoms with E-state index in [4.69, 9.17) is 10.5 Å². The molecule has 2 heterocycles. The Labute approximate surface area is 153 Å². The number of methoxy groups -OCH3 is 1. The second-order valence-electron chi connectivity index (χ2n) is 6.03. The number of carbonyl (C=O) groups excluding carboxylic acids is 1. The zero-order valence-electron chi connectivity index (χ0n) is 14.4. The van der Waals surface area contributed by atoms with Crippen LogP contribution in [-0.4, -0.2) is 42.0 Å². The van der Waals surface area contributed by atoms with E-state index in [-0.39, 0.29) is 34.0 Å². The molecule has 3 rings (SSSR count). The van der Waals surface area contributed by atoms with Gasteiger partial charge in [-0.3, -0.25) is 4.79 Å². The fraction of sp³-hybridized carbons (Fsp3) is 0.353. The van der Waals surface area contributed by atoms with Gasteiger partial charge in [0.2, 0.25) is 11.7 Å². The van der Waals surface area contributed by atoms with Crippen molar-refractivity contribution in [1.82, 2.24) is 15.3 Å². The van der Waals surface area contributed by atoms with Gasteiger partial charge < -0.3 is 21.1 Å². The number of nitrogens with zero attached hydrogens (tertiary/aromatic N) is 2. The molecule has 0 saturated carbocycles. The zero-order chi connectivity index (χ0) is 18.7. The summed E-state index contributed by atoms with van der Waals surface area (Å²) in [6, 6.07) is 2.91. The van der Waals surface area contributed by atoms with Gasteiger partial charge in [0.1, 0.15) is 17.4 Å². The first-order valence-electron chi connectivity index (χ1n) is 8.27. The maximum atomic E-state index is 13.9. The van der Waals surface area contributed by atoms with Crippen LogP contribution in [0.5, 0.6) is 5.75 Å². The molecule has 1 atom stereocenters. The Morgan fingerprint density at radius 2 is 2.15 bits per heavy atom. The number of halogens is 1. The van der Waals surface area contributed by atoms with Gasteiger partial charge in [0.15, 0.2) is 0 Å². The molecule has 138 valence electrons. The minimum atomic E-state index is -0.525. The van der Waals surface area contributed by atoms with Crippen LogP contribution < -0.4 is 26.4 Å². The van der Waals surface area contributed by atoms with Crippen LogP contribution in [0.25, 0.3) is 0 Å². The molecule has 1 aliphatic heterocycles. The number of hydrogen-bond acceptors (Lipinski definition) is 7. The van der Waals surface area contributed by atoms with E-state index in [2.05, 4.69) is 29.8 Å². The summed E-state index contributed by atoms with van der Waals surface area (Å²) in [7, 11) is 3.64. The molecular formula is C17H21FN5O2P. The minimum absolute atomic E-state index is 0.0390. The average Bonchev–Trinajstić information content (AvgIpc) is 2.64. The standard InChI is InChI=1S/C17H21FN5O2P/c1-25-12-3-2-11(18)15(26)13(12)14(24)10-8-21-17(23-16(10)19)22-9-4-6-20-7-5-9/h2-3,8-9,20H,4-7,26H2,1H3,(H3,19,21,22,23). The molecule has 0 aliphatic carbocycles. The van der Waals surface area contributed by atoms with E-state index in [1.807, 2.05) is 0 Å². The quantitative estimate of drug-likeness (QED) is 0.530. The van der Waals surface area contributed by atoms with Gasteiger partial charge in [-0.15, -0.1) is 9.24 Å². The van der Waals surface area contributed by atoms with Crippen molar-refractivity contribution in [3.63, 3.8) is 0 Å². The molecular weight excluding hydrogens is 356 g/mol. The molecule has 4 N–H and O–H groups in total. The molecule has 0 amide bonds. The van der Waals surface area contributed by atoms with Crippen molar-refractivity contribution in [2.75, 3.05) is 31.2 Å². The number of aromatic nitrogens is 2. The number of ketones is 1. The van der Waals surface area contributed by atoms with Crippen LogP contribution in [0.15, 0.2) is 18.3 Å². The van der Waals surface area contributed by atoms with Gasteiger partial charge in [0, 0.05) is 17.5 Å². The van der Waals surface area contributed by atoms with Gasteiger partial charge in [0.25, 0.3) is 0 Å². The van der Waals surface area contributed by atoms with Crippen LogP contribution in [0.4, 0.5) is 16.2 Å². The number of piperidine rings is 1. The van der Waals surface area contributed by atoms with Crippen LogP contribution in [0.2, 0.25) is 0 Å². The van der Waals surface area contributed by atoms with Gasteiger partial charge in [-0.2, -0.15) is 4.98 Å². The summed E-state index contributed by atoms with van der Waals surface area (Å²) >= 11 is 0. The summed E-state index contributed by atoms with van der Waals surface area (Å²) in [5.74, 6) is -0.335. The monoisotopic (exact) mass is 377 g/mol. The molecule has 2 aromatic rings. The molecule has 0 bridgehead atoms. The lowest BCUT2D eigenvalue weighted by Gasteiger charge is -2.23. The van der Waals surface area contributed by atoms with Crippen LogP contribution in [0.1, 0.15) is 28.8 Å². The molecule has 0 radical (unpaired) electrons. The fourth-order valence-corrected chi connectivity index (χ4v) is 3.27. The minimum Gasteiger partial charge on any atom is -0.496 e. The largest absolute Gasteiger partial charge is 0.496 e. The molecule has 1 saturated heterocycles. The van der Waals surface area contributed by atoms with Gasteiger partial charge in [-0.1, -0.05) is 0 Å². The van der Waals surface area contributed by atoms with Crippen molar-refractivity contribution in [2.24, 2.45) is 0 Å². The van der Waals surface area contributed by atoms with Gasteiger partial charge >= 0.3 is 0 Å². The third kappa shape index (κ3) is 3.76. The molecule has 1 fully saturated rings. The van der Waals surface area contributed by atoms with Crippen molar-refractivity contribution >= 4 is 32.1 Å². The smallest absolute Gasteiger partial charge is 0.224 e. The van der Waals surface area contributed by atoms with E-state index in [1.165, 1.54) is 25.4 Å². The van der Waals surface area contributed by atoms with Crippen LogP contribution in [-0.2, 0) is 0 Å². The lowest BCUT2D eigenvalue weighted by Crippen LogP contribution is -2.35. The normalized spacial score (nSPS) is 14.9. The van der Waals surface area contributed by atoms with Crippen molar-refractivity contribution < 1.29 is 13.9 Å². The number of hydrogen-bond donors (Lipinski definition) is 3. The van der Waals surface area contributed by atoms with Gasteiger partial charge in [0.05, 0.1) is 18.2 Å². The molecule has 7 nitrogen and oxygen atoms in total. The van der Waals surface area contributed by atoms with E-state index in [0.717, 1.165) is 25.9 Å². The highest BCUT2D eigenvalue weighted by atomic mass is 31.0. The first-order chi connectivity index (χ1) is 12.5. The lowest BCUT2D eigenvalue weighted by atomic mass is 10.0. The zero-order valence-corrected chi connectivity index (χ0v) is 15.5. The molecule has 1 aliphatic rings. The summed E-state index contributed by atoms with van der Waals surface area (Å²) in [5, 5.41) is 6.62. The summed E-state index contributed by atoms with van der Waals surface area (Å²) < 4.78 is 19.1. The summed E-state index contributed by atoms with van der Waals surface area (Å²) in [6.45, 7) is 1.86. The number of nitrogens with one attached hydrogen (secondary N) is 2. The highest BCUT2D eigenvalue weighted by Crippen LogP contribution is 2.25. The molecule has 1 unspecified atom stereocenters. The Hall–Kier alpha value is -2.31. The highest BCUT2D eigenvalue weighted by Gasteiger charge is 2.23. The van der Waals surface area contributed by atoms with Crippen molar-refractivity contribution in [3.8, 4) is 5.75 Å². The number of benzene rings is 1. The maximum Gasteiger partial charge on any atom is 0.224 e. The van der Waals surface area contributed by atoms with Crippen molar-refractivity contribution in [3.05, 3.63) is 35.3 Å². The number of ether oxygens (including phenoxy) is 1. The van der Waals surface area contributed by atoms with E-state index >= 15 is 0 Å². The van der Waals surface area contributed by atoms with E-state index in [1.54, 1.807) is 0 Å². The molecule has 1 aromatic heterocycles. The lowest BCUT2D eigenvalue weighted by molar-refractivity contribution is 0.103. The molecule has 1 aromatic carbocycles. The number of nitrogen functional groups attached to an aromatic ring is 1. The van der Waals surface area contributed by atoms with Crippen LogP contribution in [0.3, 0.4) is 0 Å². The van der Waals surface area contributed by atoms with E-state index in [9.17, 15) is 9.18 Å². The third-order valence-electron chi connectivity index (χ3n) is 4.34. The first kappa shape index (κ1) is 18.5. The Morgan fingerprint density at radius 1 is 1.42 bits per heavy atom. The SMILES string of the molecule is COc1ccc(F)c(P)c1C(=O)c1cnc(NC2CCNCC2)nc1N. The van der Waals surface area contributed by atoms with Crippen LogP contribution >= 0.6 is 9.24 Å². The summed E-state index contributed by atoms with van der Waals surface area (Å²) in [5.41, 5.74) is 6.17. The average molecular weight is 377 g/mol. The predicted molar refractivity (Wildman–Crippen MR) is 102 cm³/mol. The first-order valence-corrected chi connectivity index (χ1v) is 8.85. The molecule has 0 spiro atoms. The number of rotatable bonds is 5. The number of anilines is 2. The van der Waals surface area contributed by atoms with Crippen molar-refractivity contribution in [2.45, 2.75) is 18.9 Å². The van der Waals surface area contributed by atoms with E-state index < -0.39 is 11.6 Å². The highest BCUT2D eigenvalue weighted by molar-refractivity contribution is 7.27. The Morgan fingerprint density at radius 3 is 2.81 bits per heavy atom. The number of nitrogens with two attached hydrogens (primary N) is 1. The van der Waals surface area contributed by atoms with Crippen molar-refractivity contribution in [1.29, 1.82) is 0 Å². The fourth-order valence-electron chi connectivity index (χ4n) is 2.90. The number of carbonyl (C=O) groups is 1. The Bertz CT molecular complexity index is 827. The topological polar surface area (TPSA) is 102 Å². The maximum absolute atomic E-state index is 13.9. The van der Waals surface area contributed by atoms with Gasteiger partial charge in [-0.05, 0) is 38.1 Å². The van der Waals surface area contributed by atoms with Gasteiger partial charge in [-0.25, -0.2) is 9.37 Å². The predicted octanol–water partition coefficient (Wildman–Crippen LogP) is 1.10. The second-order valence-corrected chi connectivity index (χ2v) is 6.61.